The van der Waals surface area contributed by atoms with Crippen molar-refractivity contribution >= 4 is 11.8 Å². The molecule has 0 saturated heterocycles. The Morgan fingerprint density at radius 2 is 2.18 bits per heavy atom. The molecule has 0 N–H and O–H groups in total. The van der Waals surface area contributed by atoms with Gasteiger partial charge in [-0.05, 0) is 18.2 Å². The van der Waals surface area contributed by atoms with E-state index < -0.39 is 0 Å². The molecule has 1 heterocycles. The lowest BCUT2D eigenvalue weighted by Gasteiger charge is -2.17. The Labute approximate surface area is 73.2 Å². The van der Waals surface area contributed by atoms with Gasteiger partial charge in [-0.15, -0.1) is 0 Å². The summed E-state index contributed by atoms with van der Waals surface area (Å²) < 4.78 is 5.56. The van der Waals surface area contributed by atoms with Crippen LogP contribution in [0.15, 0.2) is 10.7 Å². The Bertz CT molecular complexity index is 182. The third-order valence-corrected chi connectivity index (χ3v) is 2.90. The number of hydrogen-bond donors (Lipinski definition) is 0. The van der Waals surface area contributed by atoms with Crippen molar-refractivity contribution in [3.8, 4) is 0 Å². The van der Waals surface area contributed by atoms with Gasteiger partial charge in [0.2, 0.25) is 0 Å². The van der Waals surface area contributed by atoms with Gasteiger partial charge in [0, 0.05) is 5.41 Å². The molecule has 11 heavy (non-hydrogen) atoms. The fourth-order valence-electron chi connectivity index (χ4n) is 1.50. The molecule has 0 aromatic heterocycles. The summed E-state index contributed by atoms with van der Waals surface area (Å²) in [6, 6.07) is 0. The largest absolute Gasteiger partial charge is 0.487 e. The van der Waals surface area contributed by atoms with Gasteiger partial charge < -0.3 is 4.74 Å². The highest BCUT2D eigenvalue weighted by molar-refractivity contribution is 8.02. The Morgan fingerprint density at radius 3 is 2.55 bits per heavy atom. The van der Waals surface area contributed by atoms with Crippen LogP contribution in [-0.2, 0) is 4.74 Å². The van der Waals surface area contributed by atoms with Crippen molar-refractivity contribution in [3.05, 3.63) is 10.7 Å². The molecule has 0 aromatic carbocycles. The first-order chi connectivity index (χ1) is 5.11. The minimum Gasteiger partial charge on any atom is -0.487 e. The van der Waals surface area contributed by atoms with Crippen LogP contribution >= 0.6 is 11.8 Å². The smallest absolute Gasteiger partial charge is 0.152 e. The van der Waals surface area contributed by atoms with Crippen molar-refractivity contribution in [2.45, 2.75) is 27.2 Å². The molecule has 1 aliphatic heterocycles. The van der Waals surface area contributed by atoms with E-state index in [1.165, 1.54) is 5.57 Å². The van der Waals surface area contributed by atoms with Crippen molar-refractivity contribution in [3.63, 3.8) is 0 Å². The second-order valence-electron chi connectivity index (χ2n) is 3.50. The summed E-state index contributed by atoms with van der Waals surface area (Å²) in [5.74, 6) is 0. The summed E-state index contributed by atoms with van der Waals surface area (Å²) in [4.78, 5) is 0. The van der Waals surface area contributed by atoms with Crippen LogP contribution in [0.2, 0.25) is 0 Å². The molecule has 0 saturated carbocycles. The van der Waals surface area contributed by atoms with E-state index in [0.29, 0.717) is 0 Å². The summed E-state index contributed by atoms with van der Waals surface area (Å²) in [6.45, 7) is 7.54. The molecular formula is C9H16OS. The van der Waals surface area contributed by atoms with Gasteiger partial charge in [0.1, 0.15) is 0 Å². The van der Waals surface area contributed by atoms with Gasteiger partial charge in [0.05, 0.1) is 6.61 Å². The van der Waals surface area contributed by atoms with E-state index >= 15 is 0 Å². The number of hydrogen-bond acceptors (Lipinski definition) is 2. The van der Waals surface area contributed by atoms with Crippen LogP contribution in [0, 0.1) is 5.41 Å². The lowest BCUT2D eigenvalue weighted by atomic mass is 9.86. The maximum atomic E-state index is 5.56. The maximum Gasteiger partial charge on any atom is 0.152 e. The molecule has 0 unspecified atom stereocenters. The first-order valence-electron chi connectivity index (χ1n) is 4.02. The summed E-state index contributed by atoms with van der Waals surface area (Å²) in [5.41, 5.74) is 1.75. The summed E-state index contributed by atoms with van der Waals surface area (Å²) >= 11 is 1.72. The van der Waals surface area contributed by atoms with E-state index in [0.717, 1.165) is 18.1 Å². The highest BCUT2D eigenvalue weighted by atomic mass is 32.2. The Kier molecular flexibility index (Phi) is 2.53. The van der Waals surface area contributed by atoms with Gasteiger partial charge in [0.25, 0.3) is 0 Å². The van der Waals surface area contributed by atoms with Crippen LogP contribution in [0.25, 0.3) is 0 Å². The molecule has 0 amide bonds. The molecular weight excluding hydrogens is 156 g/mol. The highest BCUT2D eigenvalue weighted by Gasteiger charge is 2.32. The third-order valence-electron chi connectivity index (χ3n) is 2.17. The van der Waals surface area contributed by atoms with Crippen LogP contribution < -0.4 is 0 Å². The van der Waals surface area contributed by atoms with Gasteiger partial charge in [-0.1, -0.05) is 32.5 Å². The molecule has 64 valence electrons. The topological polar surface area (TPSA) is 9.23 Å². The van der Waals surface area contributed by atoms with Gasteiger partial charge in [-0.3, -0.25) is 0 Å². The lowest BCUT2D eigenvalue weighted by molar-refractivity contribution is 0.201. The number of rotatable bonds is 2. The number of ether oxygens (including phenoxy) is 1. The van der Waals surface area contributed by atoms with Crippen molar-refractivity contribution in [2.75, 3.05) is 12.9 Å². The fraction of sp³-hybridized carbons (Fsp3) is 0.778. The van der Waals surface area contributed by atoms with E-state index in [1.54, 1.807) is 11.8 Å². The van der Waals surface area contributed by atoms with Crippen LogP contribution in [0.3, 0.4) is 0 Å². The lowest BCUT2D eigenvalue weighted by Crippen LogP contribution is -2.14. The maximum absolute atomic E-state index is 5.56. The summed E-state index contributed by atoms with van der Waals surface area (Å²) in [7, 11) is 0. The third kappa shape index (κ3) is 1.56. The predicted octanol–water partition coefficient (Wildman–Crippen LogP) is 3.03. The summed E-state index contributed by atoms with van der Waals surface area (Å²) in [6.07, 6.45) is 3.19. The molecule has 0 spiro atoms. The van der Waals surface area contributed by atoms with Crippen molar-refractivity contribution in [2.24, 2.45) is 5.41 Å². The first kappa shape index (κ1) is 8.98. The Balaban J connectivity index is 2.88. The zero-order valence-corrected chi connectivity index (χ0v) is 8.55. The molecule has 0 aliphatic carbocycles. The second kappa shape index (κ2) is 3.10. The van der Waals surface area contributed by atoms with E-state index in [-0.39, 0.29) is 5.41 Å². The van der Waals surface area contributed by atoms with Crippen LogP contribution in [0.5, 0.6) is 0 Å². The molecule has 0 fully saturated rings. The fourth-order valence-corrected chi connectivity index (χ4v) is 2.35. The van der Waals surface area contributed by atoms with Crippen molar-refractivity contribution in [1.82, 2.24) is 0 Å². The van der Waals surface area contributed by atoms with Gasteiger partial charge in [-0.25, -0.2) is 0 Å². The quantitative estimate of drug-likeness (QED) is 0.633. The zero-order valence-electron chi connectivity index (χ0n) is 7.73. The van der Waals surface area contributed by atoms with Crippen LogP contribution in [0.1, 0.15) is 27.2 Å². The first-order valence-corrected chi connectivity index (χ1v) is 5.24. The summed E-state index contributed by atoms with van der Waals surface area (Å²) in [5, 5.41) is 1.15. The molecule has 1 aliphatic rings. The van der Waals surface area contributed by atoms with E-state index in [1.807, 2.05) is 0 Å². The SMILES string of the molecule is CCC1=C(SC)OCC1(C)C. The Hall–Kier alpha value is -0.110. The predicted molar refractivity (Wildman–Crippen MR) is 50.6 cm³/mol. The minimum atomic E-state index is 0.271. The average Bonchev–Trinajstić information content (AvgIpc) is 2.24. The standard InChI is InChI=1S/C9H16OS/c1-5-7-8(11-4)10-6-9(7,2)3/h5-6H2,1-4H3. The van der Waals surface area contributed by atoms with Gasteiger partial charge in [0.15, 0.2) is 5.09 Å². The van der Waals surface area contributed by atoms with E-state index in [9.17, 15) is 0 Å². The highest BCUT2D eigenvalue weighted by Crippen LogP contribution is 2.41. The molecule has 1 rings (SSSR count). The average molecular weight is 172 g/mol. The van der Waals surface area contributed by atoms with Gasteiger partial charge >= 0.3 is 0 Å². The molecule has 1 nitrogen and oxygen atoms in total. The molecule has 0 radical (unpaired) electrons. The molecule has 0 aromatic rings. The zero-order chi connectivity index (χ0) is 8.48. The van der Waals surface area contributed by atoms with Crippen molar-refractivity contribution < 1.29 is 4.74 Å². The minimum absolute atomic E-state index is 0.271. The Morgan fingerprint density at radius 1 is 1.55 bits per heavy atom. The van der Waals surface area contributed by atoms with Gasteiger partial charge in [-0.2, -0.15) is 0 Å². The molecule has 2 heteroatoms. The van der Waals surface area contributed by atoms with Crippen LogP contribution in [-0.4, -0.2) is 12.9 Å². The normalized spacial score (nSPS) is 22.2. The van der Waals surface area contributed by atoms with Crippen LogP contribution in [0.4, 0.5) is 0 Å². The van der Waals surface area contributed by atoms with E-state index in [2.05, 4.69) is 27.0 Å². The number of thioether (sulfide) groups is 1. The monoisotopic (exact) mass is 172 g/mol. The van der Waals surface area contributed by atoms with Crippen molar-refractivity contribution in [1.29, 1.82) is 0 Å². The van der Waals surface area contributed by atoms with E-state index in [4.69, 9.17) is 4.74 Å². The second-order valence-corrected chi connectivity index (χ2v) is 4.28. The molecule has 0 bridgehead atoms. The molecule has 0 atom stereocenters.